The van der Waals surface area contributed by atoms with Crippen LogP contribution in [0.15, 0.2) is 36.5 Å². The van der Waals surface area contributed by atoms with Crippen molar-refractivity contribution in [3.05, 3.63) is 51.6 Å². The minimum Gasteiger partial charge on any atom is -0.482 e. The molecule has 1 saturated heterocycles. The summed E-state index contributed by atoms with van der Waals surface area (Å²) < 4.78 is 5.51. The Hall–Kier alpha value is -1.69. The molecule has 1 aliphatic heterocycles. The third-order valence-electron chi connectivity index (χ3n) is 3.91. The average molecular weight is 401 g/mol. The number of halogens is 3. The molecule has 0 radical (unpaired) electrons. The van der Waals surface area contributed by atoms with Gasteiger partial charge in [-0.25, -0.2) is 4.98 Å². The van der Waals surface area contributed by atoms with Crippen LogP contribution in [0.1, 0.15) is 0 Å². The van der Waals surface area contributed by atoms with E-state index < -0.39 is 0 Å². The van der Waals surface area contributed by atoms with E-state index in [0.717, 1.165) is 5.82 Å². The molecule has 0 unspecified atom stereocenters. The zero-order chi connectivity index (χ0) is 17.8. The van der Waals surface area contributed by atoms with Crippen molar-refractivity contribution >= 4 is 46.5 Å². The molecular weight excluding hydrogens is 385 g/mol. The topological polar surface area (TPSA) is 45.7 Å². The second-order valence-corrected chi connectivity index (χ2v) is 6.85. The van der Waals surface area contributed by atoms with Crippen LogP contribution in [-0.4, -0.2) is 48.6 Å². The number of carbonyl (C=O) groups is 1. The third-order valence-corrected chi connectivity index (χ3v) is 4.68. The van der Waals surface area contributed by atoms with Gasteiger partial charge in [-0.1, -0.05) is 34.8 Å². The van der Waals surface area contributed by atoms with Crippen LogP contribution in [0.25, 0.3) is 0 Å². The number of nitrogens with zero attached hydrogens (tertiary/aromatic N) is 3. The summed E-state index contributed by atoms with van der Waals surface area (Å²) in [5, 5.41) is 1.54. The van der Waals surface area contributed by atoms with E-state index in [4.69, 9.17) is 39.5 Å². The number of ether oxygens (including phenoxy) is 1. The number of pyridine rings is 1. The van der Waals surface area contributed by atoms with Gasteiger partial charge in [0.15, 0.2) is 6.61 Å². The Kier molecular flexibility index (Phi) is 5.89. The van der Waals surface area contributed by atoms with E-state index in [2.05, 4.69) is 9.88 Å². The van der Waals surface area contributed by atoms with Gasteiger partial charge in [-0.2, -0.15) is 0 Å². The van der Waals surface area contributed by atoms with Crippen LogP contribution in [-0.2, 0) is 4.79 Å². The molecule has 1 aliphatic rings. The molecule has 3 rings (SSSR count). The fourth-order valence-electron chi connectivity index (χ4n) is 2.56. The molecule has 0 N–H and O–H groups in total. The predicted octanol–water partition coefficient (Wildman–Crippen LogP) is 3.77. The van der Waals surface area contributed by atoms with Gasteiger partial charge >= 0.3 is 0 Å². The number of aromatic nitrogens is 1. The largest absolute Gasteiger partial charge is 0.482 e. The number of piperazine rings is 1. The third kappa shape index (κ3) is 4.69. The molecule has 0 spiro atoms. The quantitative estimate of drug-likeness (QED) is 0.784. The predicted molar refractivity (Wildman–Crippen MR) is 100.0 cm³/mol. The standard InChI is InChI=1S/C17H16Cl3N3O2/c18-12-1-3-14(20)15(9-12)25-11-17(24)23-7-5-22(6-8-23)16-4-2-13(19)10-21-16/h1-4,9-10H,5-8,11H2. The molecule has 0 bridgehead atoms. The van der Waals surface area contributed by atoms with Crippen LogP contribution >= 0.6 is 34.8 Å². The molecule has 1 amide bonds. The number of amides is 1. The first kappa shape index (κ1) is 18.1. The highest BCUT2D eigenvalue weighted by Gasteiger charge is 2.22. The van der Waals surface area contributed by atoms with Crippen molar-refractivity contribution in [3.63, 3.8) is 0 Å². The van der Waals surface area contributed by atoms with E-state index in [9.17, 15) is 4.79 Å². The first-order valence-corrected chi connectivity index (χ1v) is 8.88. The summed E-state index contributed by atoms with van der Waals surface area (Å²) in [7, 11) is 0. The van der Waals surface area contributed by atoms with Crippen LogP contribution in [0.3, 0.4) is 0 Å². The lowest BCUT2D eigenvalue weighted by Crippen LogP contribution is -2.50. The molecule has 5 nitrogen and oxygen atoms in total. The molecule has 1 aromatic heterocycles. The van der Waals surface area contributed by atoms with Gasteiger partial charge < -0.3 is 14.5 Å². The zero-order valence-corrected chi connectivity index (χ0v) is 15.6. The molecule has 8 heteroatoms. The van der Waals surface area contributed by atoms with Gasteiger partial charge in [-0.15, -0.1) is 0 Å². The molecule has 2 heterocycles. The van der Waals surface area contributed by atoms with Crippen molar-refractivity contribution in [2.45, 2.75) is 0 Å². The van der Waals surface area contributed by atoms with Gasteiger partial charge in [0.05, 0.1) is 10.0 Å². The summed E-state index contributed by atoms with van der Waals surface area (Å²) in [6.07, 6.45) is 1.62. The highest BCUT2D eigenvalue weighted by atomic mass is 35.5. The van der Waals surface area contributed by atoms with E-state index in [1.165, 1.54) is 0 Å². The molecule has 1 fully saturated rings. The van der Waals surface area contributed by atoms with E-state index in [-0.39, 0.29) is 12.5 Å². The van der Waals surface area contributed by atoms with Crippen molar-refractivity contribution < 1.29 is 9.53 Å². The summed E-state index contributed by atoms with van der Waals surface area (Å²) in [6, 6.07) is 8.60. The maximum absolute atomic E-state index is 12.3. The average Bonchev–Trinajstić information content (AvgIpc) is 2.63. The summed E-state index contributed by atoms with van der Waals surface area (Å²) in [6.45, 7) is 2.56. The molecule has 1 aromatic carbocycles. The van der Waals surface area contributed by atoms with E-state index >= 15 is 0 Å². The van der Waals surface area contributed by atoms with Gasteiger partial charge in [0, 0.05) is 43.5 Å². The smallest absolute Gasteiger partial charge is 0.260 e. The highest BCUT2D eigenvalue weighted by molar-refractivity contribution is 6.34. The van der Waals surface area contributed by atoms with E-state index in [1.54, 1.807) is 29.3 Å². The van der Waals surface area contributed by atoms with Gasteiger partial charge in [0.2, 0.25) is 0 Å². The maximum atomic E-state index is 12.3. The van der Waals surface area contributed by atoms with Gasteiger partial charge in [-0.05, 0) is 24.3 Å². The van der Waals surface area contributed by atoms with Crippen LogP contribution in [0.4, 0.5) is 5.82 Å². The monoisotopic (exact) mass is 399 g/mol. The SMILES string of the molecule is O=C(COc1cc(Cl)ccc1Cl)N1CCN(c2ccc(Cl)cn2)CC1. The number of benzene rings is 1. The van der Waals surface area contributed by atoms with Gasteiger partial charge in [0.1, 0.15) is 11.6 Å². The summed E-state index contributed by atoms with van der Waals surface area (Å²) >= 11 is 17.8. The lowest BCUT2D eigenvalue weighted by molar-refractivity contribution is -0.133. The number of carbonyl (C=O) groups excluding carboxylic acids is 1. The maximum Gasteiger partial charge on any atom is 0.260 e. The number of rotatable bonds is 4. The first-order valence-electron chi connectivity index (χ1n) is 7.75. The Balaban J connectivity index is 1.51. The minimum absolute atomic E-state index is 0.0702. The lowest BCUT2D eigenvalue weighted by atomic mass is 10.3. The zero-order valence-electron chi connectivity index (χ0n) is 13.3. The Bertz CT molecular complexity index is 747. The number of hydrogen-bond acceptors (Lipinski definition) is 4. The Morgan fingerprint density at radius 3 is 2.44 bits per heavy atom. The Morgan fingerprint density at radius 1 is 1.04 bits per heavy atom. The van der Waals surface area contributed by atoms with Crippen LogP contribution in [0.2, 0.25) is 15.1 Å². The summed E-state index contributed by atoms with van der Waals surface area (Å²) in [5.41, 5.74) is 0. The van der Waals surface area contributed by atoms with Gasteiger partial charge in [0.25, 0.3) is 5.91 Å². The molecule has 0 aliphatic carbocycles. The lowest BCUT2D eigenvalue weighted by Gasteiger charge is -2.35. The molecule has 0 saturated carbocycles. The van der Waals surface area contributed by atoms with E-state index in [0.29, 0.717) is 47.0 Å². The van der Waals surface area contributed by atoms with Crippen LogP contribution < -0.4 is 9.64 Å². The molecule has 132 valence electrons. The van der Waals surface area contributed by atoms with Crippen LogP contribution in [0.5, 0.6) is 5.75 Å². The molecule has 25 heavy (non-hydrogen) atoms. The number of hydrogen-bond donors (Lipinski definition) is 0. The molecule has 0 atom stereocenters. The van der Waals surface area contributed by atoms with Crippen molar-refractivity contribution in [1.82, 2.24) is 9.88 Å². The fourth-order valence-corrected chi connectivity index (χ4v) is 3.00. The Labute approximate surface area is 161 Å². The fraction of sp³-hybridized carbons (Fsp3) is 0.294. The second-order valence-electron chi connectivity index (χ2n) is 5.57. The number of anilines is 1. The van der Waals surface area contributed by atoms with E-state index in [1.807, 2.05) is 12.1 Å². The van der Waals surface area contributed by atoms with Crippen LogP contribution in [0, 0.1) is 0 Å². The minimum atomic E-state index is -0.0836. The van der Waals surface area contributed by atoms with Gasteiger partial charge in [-0.3, -0.25) is 4.79 Å². The van der Waals surface area contributed by atoms with Crippen molar-refractivity contribution in [1.29, 1.82) is 0 Å². The second kappa shape index (κ2) is 8.13. The van der Waals surface area contributed by atoms with Crippen molar-refractivity contribution in [2.24, 2.45) is 0 Å². The normalized spacial score (nSPS) is 14.5. The molecule has 2 aromatic rings. The first-order chi connectivity index (χ1) is 12.0. The van der Waals surface area contributed by atoms with Crippen molar-refractivity contribution in [3.8, 4) is 5.75 Å². The molecular formula is C17H16Cl3N3O2. The van der Waals surface area contributed by atoms with Crippen molar-refractivity contribution in [2.75, 3.05) is 37.7 Å². The summed E-state index contributed by atoms with van der Waals surface area (Å²) in [4.78, 5) is 20.5. The highest BCUT2D eigenvalue weighted by Crippen LogP contribution is 2.27. The summed E-state index contributed by atoms with van der Waals surface area (Å²) in [5.74, 6) is 1.18. The Morgan fingerprint density at radius 2 is 1.76 bits per heavy atom.